The molecule has 0 atom stereocenters. The van der Waals surface area contributed by atoms with Gasteiger partial charge in [0, 0.05) is 5.56 Å². The molecular formula is C30H24O3. The third-order valence-electron chi connectivity index (χ3n) is 6.00. The minimum Gasteiger partial charge on any atom is -0.488 e. The van der Waals surface area contributed by atoms with Gasteiger partial charge in [0.2, 0.25) is 5.78 Å². The van der Waals surface area contributed by atoms with E-state index in [1.807, 2.05) is 55.5 Å². The number of Topliss-reactive ketones (excluding diaryl/α,β-unsaturated/α-hetero) is 1. The van der Waals surface area contributed by atoms with Crippen molar-refractivity contribution < 1.29 is 14.3 Å². The van der Waals surface area contributed by atoms with Gasteiger partial charge in [-0.2, -0.15) is 0 Å². The van der Waals surface area contributed by atoms with Crippen molar-refractivity contribution in [3.05, 3.63) is 125 Å². The number of rotatable bonds is 5. The van der Waals surface area contributed by atoms with E-state index < -0.39 is 0 Å². The quantitative estimate of drug-likeness (QED) is 0.314. The molecule has 3 heteroatoms. The summed E-state index contributed by atoms with van der Waals surface area (Å²) in [6.45, 7) is 4.47. The molecule has 0 radical (unpaired) electrons. The molecule has 162 valence electrons. The standard InChI is InChI=1S/C30H24O3/c1-20-8-6-7-11-25(20)19-32-27-17-16-26-29(31)28(33-30(26)21(27)2)18-22-12-14-24(15-13-22)23-9-4-3-5-10-23/h3-18H,19H2,1-2H3/b28-18-. The summed E-state index contributed by atoms with van der Waals surface area (Å²) in [5.41, 5.74) is 6.93. The maximum Gasteiger partial charge on any atom is 0.231 e. The first-order valence-electron chi connectivity index (χ1n) is 11.0. The molecule has 3 nitrogen and oxygen atoms in total. The average Bonchev–Trinajstić information content (AvgIpc) is 3.16. The Balaban J connectivity index is 1.35. The van der Waals surface area contributed by atoms with Crippen LogP contribution in [-0.4, -0.2) is 5.78 Å². The zero-order chi connectivity index (χ0) is 22.8. The van der Waals surface area contributed by atoms with Gasteiger partial charge in [-0.3, -0.25) is 4.79 Å². The number of ketones is 1. The summed E-state index contributed by atoms with van der Waals surface area (Å²) in [5, 5.41) is 0. The summed E-state index contributed by atoms with van der Waals surface area (Å²) in [6, 6.07) is 30.1. The predicted molar refractivity (Wildman–Crippen MR) is 132 cm³/mol. The summed E-state index contributed by atoms with van der Waals surface area (Å²) in [4.78, 5) is 12.9. The molecule has 5 rings (SSSR count). The number of allylic oxidation sites excluding steroid dienone is 1. The zero-order valence-electron chi connectivity index (χ0n) is 18.7. The van der Waals surface area contributed by atoms with Crippen molar-refractivity contribution in [3.8, 4) is 22.6 Å². The van der Waals surface area contributed by atoms with Crippen LogP contribution >= 0.6 is 0 Å². The molecule has 0 saturated heterocycles. The van der Waals surface area contributed by atoms with Crippen LogP contribution in [0.25, 0.3) is 17.2 Å². The molecule has 0 saturated carbocycles. The molecule has 0 spiro atoms. The maximum atomic E-state index is 12.9. The minimum absolute atomic E-state index is 0.106. The van der Waals surface area contributed by atoms with Gasteiger partial charge in [-0.15, -0.1) is 0 Å². The molecule has 0 fully saturated rings. The van der Waals surface area contributed by atoms with Crippen LogP contribution in [0.4, 0.5) is 0 Å². The lowest BCUT2D eigenvalue weighted by Crippen LogP contribution is -2.00. The van der Waals surface area contributed by atoms with E-state index in [0.717, 1.165) is 33.6 Å². The van der Waals surface area contributed by atoms with Crippen molar-refractivity contribution in [2.45, 2.75) is 20.5 Å². The smallest absolute Gasteiger partial charge is 0.231 e. The Hall–Kier alpha value is -4.11. The van der Waals surface area contributed by atoms with E-state index in [1.54, 1.807) is 12.1 Å². The van der Waals surface area contributed by atoms with E-state index in [9.17, 15) is 4.79 Å². The number of aryl methyl sites for hydroxylation is 1. The van der Waals surface area contributed by atoms with Crippen molar-refractivity contribution in [3.63, 3.8) is 0 Å². The molecule has 0 bridgehead atoms. The number of hydrogen-bond donors (Lipinski definition) is 0. The van der Waals surface area contributed by atoms with Crippen molar-refractivity contribution in [1.82, 2.24) is 0 Å². The second-order valence-electron chi connectivity index (χ2n) is 8.21. The van der Waals surface area contributed by atoms with Gasteiger partial charge >= 0.3 is 0 Å². The number of carbonyl (C=O) groups is 1. The lowest BCUT2D eigenvalue weighted by molar-refractivity contribution is 0.101. The van der Waals surface area contributed by atoms with E-state index in [1.165, 1.54) is 5.56 Å². The van der Waals surface area contributed by atoms with Crippen LogP contribution in [0, 0.1) is 13.8 Å². The van der Waals surface area contributed by atoms with Crippen LogP contribution in [0.5, 0.6) is 11.5 Å². The lowest BCUT2D eigenvalue weighted by atomic mass is 10.0. The molecule has 0 amide bonds. The first-order chi connectivity index (χ1) is 16.1. The van der Waals surface area contributed by atoms with Crippen LogP contribution in [0.1, 0.15) is 32.6 Å². The van der Waals surface area contributed by atoms with Gasteiger partial charge in [0.25, 0.3) is 0 Å². The van der Waals surface area contributed by atoms with E-state index in [-0.39, 0.29) is 5.78 Å². The van der Waals surface area contributed by atoms with E-state index in [0.29, 0.717) is 23.7 Å². The van der Waals surface area contributed by atoms with Crippen LogP contribution in [0.3, 0.4) is 0 Å². The van der Waals surface area contributed by atoms with E-state index in [2.05, 4.69) is 43.3 Å². The van der Waals surface area contributed by atoms with Crippen LogP contribution in [0.2, 0.25) is 0 Å². The molecule has 1 aliphatic heterocycles. The van der Waals surface area contributed by atoms with Gasteiger partial charge in [0.05, 0.1) is 5.56 Å². The Kier molecular flexibility index (Phi) is 5.54. The van der Waals surface area contributed by atoms with Gasteiger partial charge in [0.15, 0.2) is 5.76 Å². The Morgan fingerprint density at radius 2 is 1.48 bits per heavy atom. The van der Waals surface area contributed by atoms with Gasteiger partial charge in [-0.25, -0.2) is 0 Å². The van der Waals surface area contributed by atoms with Crippen molar-refractivity contribution >= 4 is 11.9 Å². The molecule has 0 unspecified atom stereocenters. The molecule has 4 aromatic carbocycles. The average molecular weight is 433 g/mol. The first kappa shape index (κ1) is 20.8. The predicted octanol–water partition coefficient (Wildman–Crippen LogP) is 7.17. The SMILES string of the molecule is Cc1ccccc1COc1ccc2c(c1C)O/C(=C\c1ccc(-c3ccccc3)cc1)C2=O. The fourth-order valence-electron chi connectivity index (χ4n) is 4.01. The van der Waals surface area contributed by atoms with Crippen LogP contribution < -0.4 is 9.47 Å². The van der Waals surface area contributed by atoms with E-state index in [4.69, 9.17) is 9.47 Å². The molecule has 33 heavy (non-hydrogen) atoms. The highest BCUT2D eigenvalue weighted by Gasteiger charge is 2.30. The third kappa shape index (κ3) is 4.18. The summed E-state index contributed by atoms with van der Waals surface area (Å²) < 4.78 is 12.1. The Labute approximate surface area is 193 Å². The second-order valence-corrected chi connectivity index (χ2v) is 8.21. The number of carbonyl (C=O) groups excluding carboxylic acids is 1. The van der Waals surface area contributed by atoms with Crippen LogP contribution in [-0.2, 0) is 6.61 Å². The molecule has 1 aliphatic rings. The number of benzene rings is 4. The molecule has 0 aliphatic carbocycles. The first-order valence-corrected chi connectivity index (χ1v) is 11.0. The fourth-order valence-corrected chi connectivity index (χ4v) is 4.01. The Morgan fingerprint density at radius 3 is 2.24 bits per heavy atom. The lowest BCUT2D eigenvalue weighted by Gasteiger charge is -2.12. The monoisotopic (exact) mass is 432 g/mol. The minimum atomic E-state index is -0.106. The molecule has 1 heterocycles. The van der Waals surface area contributed by atoms with Crippen molar-refractivity contribution in [2.75, 3.05) is 0 Å². The Bertz CT molecular complexity index is 1350. The number of ether oxygens (including phenoxy) is 2. The third-order valence-corrected chi connectivity index (χ3v) is 6.00. The number of fused-ring (bicyclic) bond motifs is 1. The molecular weight excluding hydrogens is 408 g/mol. The molecule has 0 N–H and O–H groups in total. The maximum absolute atomic E-state index is 12.9. The van der Waals surface area contributed by atoms with E-state index >= 15 is 0 Å². The summed E-state index contributed by atoms with van der Waals surface area (Å²) in [6.07, 6.45) is 1.80. The van der Waals surface area contributed by atoms with Gasteiger partial charge in [0.1, 0.15) is 18.1 Å². The summed E-state index contributed by atoms with van der Waals surface area (Å²) in [5.74, 6) is 1.52. The van der Waals surface area contributed by atoms with Crippen molar-refractivity contribution in [2.24, 2.45) is 0 Å². The highest BCUT2D eigenvalue weighted by Crippen LogP contribution is 2.39. The van der Waals surface area contributed by atoms with Gasteiger partial charge in [-0.05, 0) is 59.9 Å². The summed E-state index contributed by atoms with van der Waals surface area (Å²) >= 11 is 0. The highest BCUT2D eigenvalue weighted by molar-refractivity contribution is 6.15. The largest absolute Gasteiger partial charge is 0.488 e. The van der Waals surface area contributed by atoms with Crippen molar-refractivity contribution in [1.29, 1.82) is 0 Å². The summed E-state index contributed by atoms with van der Waals surface area (Å²) in [7, 11) is 0. The second kappa shape index (κ2) is 8.79. The topological polar surface area (TPSA) is 35.5 Å². The Morgan fingerprint density at radius 1 is 0.788 bits per heavy atom. The zero-order valence-corrected chi connectivity index (χ0v) is 18.7. The fraction of sp³-hybridized carbons (Fsp3) is 0.100. The molecule has 0 aromatic heterocycles. The van der Waals surface area contributed by atoms with Gasteiger partial charge < -0.3 is 9.47 Å². The van der Waals surface area contributed by atoms with Gasteiger partial charge in [-0.1, -0.05) is 78.9 Å². The molecule has 4 aromatic rings. The highest BCUT2D eigenvalue weighted by atomic mass is 16.5. The van der Waals surface area contributed by atoms with Crippen LogP contribution in [0.15, 0.2) is 96.8 Å². The number of hydrogen-bond acceptors (Lipinski definition) is 3. The normalized spacial score (nSPS) is 13.6.